The zero-order chi connectivity index (χ0) is 15.2. The maximum atomic E-state index is 4.40. The van der Waals surface area contributed by atoms with Gasteiger partial charge in [-0.1, -0.05) is 6.07 Å². The summed E-state index contributed by atoms with van der Waals surface area (Å²) in [6.07, 6.45) is 1.63. The third kappa shape index (κ3) is 4.68. The Morgan fingerprint density at radius 3 is 2.67 bits per heavy atom. The van der Waals surface area contributed by atoms with Crippen LogP contribution in [0.1, 0.15) is 11.1 Å². The van der Waals surface area contributed by atoms with Gasteiger partial charge in [0.15, 0.2) is 5.82 Å². The van der Waals surface area contributed by atoms with Gasteiger partial charge in [0.25, 0.3) is 0 Å². The summed E-state index contributed by atoms with van der Waals surface area (Å²) in [5, 5.41) is 14.4. The SMILES string of the molecule is Cc1ccc(Nc2nncc(NCCN(C)C)n2)cc1C. The predicted octanol–water partition coefficient (Wildman–Crippen LogP) is 2.21. The second-order valence-corrected chi connectivity index (χ2v) is 5.32. The molecule has 2 rings (SSSR count). The monoisotopic (exact) mass is 286 g/mol. The van der Waals surface area contributed by atoms with Gasteiger partial charge in [-0.05, 0) is 51.2 Å². The highest BCUT2D eigenvalue weighted by molar-refractivity contribution is 5.56. The molecule has 0 aliphatic carbocycles. The first-order valence-corrected chi connectivity index (χ1v) is 6.97. The third-order valence-corrected chi connectivity index (χ3v) is 3.19. The van der Waals surface area contributed by atoms with Crippen LogP contribution in [0.3, 0.4) is 0 Å². The minimum absolute atomic E-state index is 0.494. The number of aromatic nitrogens is 3. The number of benzene rings is 1. The molecule has 6 heteroatoms. The molecule has 0 radical (unpaired) electrons. The van der Waals surface area contributed by atoms with Gasteiger partial charge in [0.2, 0.25) is 5.95 Å². The molecule has 6 nitrogen and oxygen atoms in total. The highest BCUT2D eigenvalue weighted by atomic mass is 15.3. The first kappa shape index (κ1) is 15.2. The van der Waals surface area contributed by atoms with Crippen LogP contribution in [-0.2, 0) is 0 Å². The number of hydrogen-bond acceptors (Lipinski definition) is 6. The first-order chi connectivity index (χ1) is 10.0. The Labute approximate surface area is 125 Å². The van der Waals surface area contributed by atoms with E-state index >= 15 is 0 Å². The normalized spacial score (nSPS) is 10.7. The number of nitrogens with one attached hydrogen (secondary N) is 2. The number of nitrogens with zero attached hydrogens (tertiary/aromatic N) is 4. The maximum absolute atomic E-state index is 4.40. The zero-order valence-electron chi connectivity index (χ0n) is 13.0. The molecule has 0 aliphatic heterocycles. The lowest BCUT2D eigenvalue weighted by atomic mass is 10.1. The van der Waals surface area contributed by atoms with E-state index in [4.69, 9.17) is 0 Å². The van der Waals surface area contributed by atoms with E-state index in [0.29, 0.717) is 5.95 Å². The highest BCUT2D eigenvalue weighted by Gasteiger charge is 2.02. The van der Waals surface area contributed by atoms with Crippen molar-refractivity contribution in [2.45, 2.75) is 13.8 Å². The van der Waals surface area contributed by atoms with E-state index in [-0.39, 0.29) is 0 Å². The molecular weight excluding hydrogens is 264 g/mol. The molecule has 1 aromatic heterocycles. The molecule has 2 aromatic rings. The molecule has 112 valence electrons. The number of likely N-dealkylation sites (N-methyl/N-ethyl adjacent to an activating group) is 1. The van der Waals surface area contributed by atoms with Crippen LogP contribution in [0.5, 0.6) is 0 Å². The standard InChI is InChI=1S/C15H22N6/c1-11-5-6-13(9-12(11)2)18-15-19-14(10-17-20-15)16-7-8-21(3)4/h5-6,9-10H,7-8H2,1-4H3,(H2,16,18,19,20). The molecule has 21 heavy (non-hydrogen) atoms. The Bertz CT molecular complexity index is 596. The third-order valence-electron chi connectivity index (χ3n) is 3.19. The lowest BCUT2D eigenvalue weighted by molar-refractivity contribution is 0.425. The molecule has 2 N–H and O–H groups in total. The Balaban J connectivity index is 2.01. The van der Waals surface area contributed by atoms with Crippen LogP contribution < -0.4 is 10.6 Å². The summed E-state index contributed by atoms with van der Waals surface area (Å²) >= 11 is 0. The van der Waals surface area contributed by atoms with Gasteiger partial charge in [-0.25, -0.2) is 0 Å². The Hall–Kier alpha value is -2.21. The highest BCUT2D eigenvalue weighted by Crippen LogP contribution is 2.17. The molecule has 0 amide bonds. The Morgan fingerprint density at radius 1 is 1.14 bits per heavy atom. The van der Waals surface area contributed by atoms with Crippen molar-refractivity contribution in [1.82, 2.24) is 20.1 Å². The quantitative estimate of drug-likeness (QED) is 0.848. The van der Waals surface area contributed by atoms with Crippen LogP contribution in [0, 0.1) is 13.8 Å². The fourth-order valence-electron chi connectivity index (χ4n) is 1.80. The summed E-state index contributed by atoms with van der Waals surface area (Å²) in [6, 6.07) is 6.16. The number of aryl methyl sites for hydroxylation is 2. The van der Waals surface area contributed by atoms with E-state index < -0.39 is 0 Å². The molecule has 0 bridgehead atoms. The van der Waals surface area contributed by atoms with Crippen molar-refractivity contribution in [1.29, 1.82) is 0 Å². The summed E-state index contributed by atoms with van der Waals surface area (Å²) in [5.74, 6) is 1.21. The van der Waals surface area contributed by atoms with E-state index in [9.17, 15) is 0 Å². The van der Waals surface area contributed by atoms with Gasteiger partial charge >= 0.3 is 0 Å². The molecule has 0 spiro atoms. The van der Waals surface area contributed by atoms with Crippen molar-refractivity contribution in [2.75, 3.05) is 37.8 Å². The summed E-state index contributed by atoms with van der Waals surface area (Å²) in [4.78, 5) is 6.51. The molecular formula is C15H22N6. The average Bonchev–Trinajstić information content (AvgIpc) is 2.43. The van der Waals surface area contributed by atoms with Crippen LogP contribution in [0.25, 0.3) is 0 Å². The van der Waals surface area contributed by atoms with Crippen LogP contribution in [0.15, 0.2) is 24.4 Å². The van der Waals surface area contributed by atoms with Crippen molar-refractivity contribution in [3.63, 3.8) is 0 Å². The fraction of sp³-hybridized carbons (Fsp3) is 0.400. The van der Waals surface area contributed by atoms with E-state index in [2.05, 4.69) is 56.7 Å². The second-order valence-electron chi connectivity index (χ2n) is 5.32. The van der Waals surface area contributed by atoms with Gasteiger partial charge in [-0.15, -0.1) is 5.10 Å². The maximum Gasteiger partial charge on any atom is 0.249 e. The molecule has 0 atom stereocenters. The first-order valence-electron chi connectivity index (χ1n) is 6.97. The molecule has 0 unspecified atom stereocenters. The van der Waals surface area contributed by atoms with Gasteiger partial charge in [0.1, 0.15) is 0 Å². The number of anilines is 3. The molecule has 1 aromatic carbocycles. The molecule has 0 saturated carbocycles. The van der Waals surface area contributed by atoms with Crippen molar-refractivity contribution >= 4 is 17.5 Å². The largest absolute Gasteiger partial charge is 0.367 e. The summed E-state index contributed by atoms with van der Waals surface area (Å²) in [5.41, 5.74) is 3.46. The Kier molecular flexibility index (Phi) is 5.05. The van der Waals surface area contributed by atoms with Gasteiger partial charge in [-0.2, -0.15) is 10.1 Å². The van der Waals surface area contributed by atoms with Gasteiger partial charge in [-0.3, -0.25) is 0 Å². The lowest BCUT2D eigenvalue weighted by Crippen LogP contribution is -2.21. The fourth-order valence-corrected chi connectivity index (χ4v) is 1.80. The lowest BCUT2D eigenvalue weighted by Gasteiger charge is -2.11. The predicted molar refractivity (Wildman–Crippen MR) is 86.1 cm³/mol. The number of rotatable bonds is 6. The van der Waals surface area contributed by atoms with Crippen LogP contribution in [0.4, 0.5) is 17.5 Å². The minimum Gasteiger partial charge on any atom is -0.367 e. The van der Waals surface area contributed by atoms with Gasteiger partial charge in [0, 0.05) is 18.8 Å². The van der Waals surface area contributed by atoms with Crippen molar-refractivity contribution < 1.29 is 0 Å². The summed E-state index contributed by atoms with van der Waals surface area (Å²) < 4.78 is 0. The van der Waals surface area contributed by atoms with Crippen molar-refractivity contribution in [2.24, 2.45) is 0 Å². The van der Waals surface area contributed by atoms with Crippen LogP contribution >= 0.6 is 0 Å². The number of hydrogen-bond donors (Lipinski definition) is 2. The van der Waals surface area contributed by atoms with Crippen molar-refractivity contribution in [3.8, 4) is 0 Å². The van der Waals surface area contributed by atoms with Gasteiger partial charge < -0.3 is 15.5 Å². The molecule has 0 fully saturated rings. The minimum atomic E-state index is 0.494. The summed E-state index contributed by atoms with van der Waals surface area (Å²) in [7, 11) is 4.07. The molecule has 1 heterocycles. The van der Waals surface area contributed by atoms with E-state index in [0.717, 1.165) is 24.6 Å². The molecule has 0 saturated heterocycles. The smallest absolute Gasteiger partial charge is 0.249 e. The van der Waals surface area contributed by atoms with E-state index in [1.54, 1.807) is 6.20 Å². The molecule has 0 aliphatic rings. The Morgan fingerprint density at radius 2 is 1.95 bits per heavy atom. The zero-order valence-corrected chi connectivity index (χ0v) is 13.0. The second kappa shape index (κ2) is 6.99. The van der Waals surface area contributed by atoms with Crippen molar-refractivity contribution in [3.05, 3.63) is 35.5 Å². The summed E-state index contributed by atoms with van der Waals surface area (Å²) in [6.45, 7) is 5.92. The van der Waals surface area contributed by atoms with Crippen LogP contribution in [0.2, 0.25) is 0 Å². The van der Waals surface area contributed by atoms with E-state index in [1.165, 1.54) is 11.1 Å². The average molecular weight is 286 g/mol. The van der Waals surface area contributed by atoms with Crippen LogP contribution in [-0.4, -0.2) is 47.3 Å². The topological polar surface area (TPSA) is 66.0 Å². The van der Waals surface area contributed by atoms with Gasteiger partial charge in [0.05, 0.1) is 6.20 Å². The van der Waals surface area contributed by atoms with E-state index in [1.807, 2.05) is 20.2 Å².